The van der Waals surface area contributed by atoms with Gasteiger partial charge in [0.1, 0.15) is 0 Å². The highest BCUT2D eigenvalue weighted by Gasteiger charge is 2.48. The van der Waals surface area contributed by atoms with E-state index >= 15 is 0 Å². The van der Waals surface area contributed by atoms with Crippen molar-refractivity contribution in [3.63, 3.8) is 0 Å². The summed E-state index contributed by atoms with van der Waals surface area (Å²) in [5, 5.41) is 2.62. The van der Waals surface area contributed by atoms with E-state index in [0.717, 1.165) is 17.1 Å². The number of hydrogen-bond acceptors (Lipinski definition) is 2. The van der Waals surface area contributed by atoms with Crippen molar-refractivity contribution in [2.75, 3.05) is 4.90 Å². The molecule has 0 amide bonds. The van der Waals surface area contributed by atoms with E-state index < -0.39 is 10.8 Å². The monoisotopic (exact) mass is 983 g/mol. The van der Waals surface area contributed by atoms with Crippen molar-refractivity contribution < 1.29 is 0 Å². The quantitative estimate of drug-likeness (QED) is 0.139. The molecule has 1 heterocycles. The Morgan fingerprint density at radius 2 is 0.671 bits per heavy atom. The van der Waals surface area contributed by atoms with E-state index in [-0.39, 0.29) is 0 Å². The number of nitrogens with zero attached hydrogens (tertiary/aromatic N) is 1. The van der Waals surface area contributed by atoms with Crippen molar-refractivity contribution in [3.05, 3.63) is 342 Å². The number of anilines is 3. The van der Waals surface area contributed by atoms with Crippen molar-refractivity contribution in [2.24, 2.45) is 0 Å². The summed E-state index contributed by atoms with van der Waals surface area (Å²) in [7, 11) is 0. The normalized spacial score (nSPS) is 13.5. The second-order valence-corrected chi connectivity index (χ2v) is 21.3. The van der Waals surface area contributed by atoms with Crippen LogP contribution < -0.4 is 4.90 Å². The van der Waals surface area contributed by atoms with Gasteiger partial charge in [-0.05, 0) is 131 Å². The molecule has 0 atom stereocenters. The van der Waals surface area contributed by atoms with Crippen LogP contribution in [0.5, 0.6) is 0 Å². The van der Waals surface area contributed by atoms with Crippen LogP contribution in [0.2, 0.25) is 0 Å². The summed E-state index contributed by atoms with van der Waals surface area (Å²) in [4.78, 5) is 2.46. The van der Waals surface area contributed by atoms with E-state index in [4.69, 9.17) is 0 Å². The lowest BCUT2D eigenvalue weighted by atomic mass is 9.67. The third-order valence-corrected chi connectivity index (χ3v) is 17.7. The van der Waals surface area contributed by atoms with Gasteiger partial charge in [0.25, 0.3) is 0 Å². The Morgan fingerprint density at radius 1 is 0.263 bits per heavy atom. The van der Waals surface area contributed by atoms with E-state index in [0.29, 0.717) is 0 Å². The molecule has 0 bridgehead atoms. The van der Waals surface area contributed by atoms with E-state index in [2.05, 4.69) is 302 Å². The Kier molecular flexibility index (Phi) is 10.3. The zero-order valence-corrected chi connectivity index (χ0v) is 42.5. The maximum atomic E-state index is 2.48. The molecule has 0 unspecified atom stereocenters. The Bertz CT molecular complexity index is 4230. The fourth-order valence-corrected chi connectivity index (χ4v) is 14.5. The molecule has 15 rings (SSSR count). The van der Waals surface area contributed by atoms with Gasteiger partial charge in [0, 0.05) is 37.2 Å². The topological polar surface area (TPSA) is 3.24 Å². The minimum Gasteiger partial charge on any atom is -0.310 e. The van der Waals surface area contributed by atoms with Crippen LogP contribution in [0.1, 0.15) is 44.5 Å². The molecule has 2 heteroatoms. The smallest absolute Gasteiger partial charge is 0.0714 e. The predicted molar refractivity (Wildman–Crippen MR) is 319 cm³/mol. The van der Waals surface area contributed by atoms with Crippen LogP contribution >= 0.6 is 11.3 Å². The number of rotatable bonds is 9. The highest BCUT2D eigenvalue weighted by molar-refractivity contribution is 7.26. The van der Waals surface area contributed by atoms with Crippen molar-refractivity contribution >= 4 is 48.6 Å². The first kappa shape index (κ1) is 44.2. The van der Waals surface area contributed by atoms with Crippen LogP contribution in [0, 0.1) is 0 Å². The molecule has 0 spiro atoms. The zero-order chi connectivity index (χ0) is 50.2. The molecule has 0 saturated heterocycles. The lowest BCUT2D eigenvalue weighted by Gasteiger charge is -2.35. The maximum absolute atomic E-state index is 2.48. The molecule has 0 aliphatic heterocycles. The minimum atomic E-state index is -0.536. The van der Waals surface area contributed by atoms with E-state index in [1.54, 1.807) is 0 Å². The zero-order valence-electron chi connectivity index (χ0n) is 41.6. The molecule has 0 saturated carbocycles. The fourth-order valence-electron chi connectivity index (χ4n) is 13.3. The van der Waals surface area contributed by atoms with Crippen molar-refractivity contribution in [3.8, 4) is 44.5 Å². The SMILES string of the molecule is c1ccc(C2(c3ccccc3)c3ccccc3-c3ccc(N(c4ccc(-c5cccc6c5-c5ccccc5C6(c5ccccc5)c5ccccc5)cc4)c4ccc(-c5cccc6c5sc5ccccc56)cc4)cc32)cc1. The van der Waals surface area contributed by atoms with Gasteiger partial charge in [-0.15, -0.1) is 11.3 Å². The maximum Gasteiger partial charge on any atom is 0.0714 e. The van der Waals surface area contributed by atoms with Gasteiger partial charge < -0.3 is 4.90 Å². The molecule has 1 aromatic heterocycles. The molecule has 0 radical (unpaired) electrons. The summed E-state index contributed by atoms with van der Waals surface area (Å²) in [6.07, 6.45) is 0. The summed E-state index contributed by atoms with van der Waals surface area (Å²) < 4.78 is 2.63. The standard InChI is InChI=1S/C74H49NS/c1-5-21-52(22-6-1)73(53-23-7-2-8-24-53)67-36-17-14-31-65(67)71-59(32-20-37-68(71)73)50-39-43-56(44-40-50)75(57-45-41-51(42-46-57)60-33-19-34-64-63-30-15-18-38-70(63)76-72(60)64)58-47-48-62-61-29-13-16-35-66(61)74(69(62)49-58,54-25-9-3-10-26-54)55-27-11-4-12-28-55/h1-49H. The highest BCUT2D eigenvalue weighted by Crippen LogP contribution is 2.60. The van der Waals surface area contributed by atoms with Crippen molar-refractivity contribution in [1.29, 1.82) is 0 Å². The summed E-state index contributed by atoms with van der Waals surface area (Å²) in [6.45, 7) is 0. The lowest BCUT2D eigenvalue weighted by Crippen LogP contribution is -2.28. The highest BCUT2D eigenvalue weighted by atomic mass is 32.1. The van der Waals surface area contributed by atoms with E-state index in [1.807, 2.05) is 11.3 Å². The van der Waals surface area contributed by atoms with Crippen LogP contribution in [-0.4, -0.2) is 0 Å². The lowest BCUT2D eigenvalue weighted by molar-refractivity contribution is 0.768. The average Bonchev–Trinajstić information content (AvgIpc) is 4.25. The predicted octanol–water partition coefficient (Wildman–Crippen LogP) is 19.6. The third kappa shape index (κ3) is 6.51. The molecule has 13 aromatic rings. The van der Waals surface area contributed by atoms with Crippen molar-refractivity contribution in [1.82, 2.24) is 0 Å². The van der Waals surface area contributed by atoms with Crippen molar-refractivity contribution in [2.45, 2.75) is 10.8 Å². The van der Waals surface area contributed by atoms with Crippen LogP contribution in [0.4, 0.5) is 17.1 Å². The Labute approximate surface area is 447 Å². The summed E-state index contributed by atoms with van der Waals surface area (Å²) in [5.41, 5.74) is 22.4. The second kappa shape index (κ2) is 17.7. The van der Waals surface area contributed by atoms with Crippen LogP contribution in [-0.2, 0) is 10.8 Å². The molecule has 356 valence electrons. The average molecular weight is 984 g/mol. The molecule has 2 aliphatic rings. The van der Waals surface area contributed by atoms with Crippen LogP contribution in [0.3, 0.4) is 0 Å². The second-order valence-electron chi connectivity index (χ2n) is 20.2. The van der Waals surface area contributed by atoms with Gasteiger partial charge in [-0.2, -0.15) is 0 Å². The first-order valence-corrected chi connectivity index (χ1v) is 27.1. The Hall–Kier alpha value is -9.34. The first-order valence-electron chi connectivity index (χ1n) is 26.3. The van der Waals surface area contributed by atoms with Crippen LogP contribution in [0.15, 0.2) is 297 Å². The van der Waals surface area contributed by atoms with Crippen LogP contribution in [0.25, 0.3) is 64.7 Å². The van der Waals surface area contributed by atoms with Gasteiger partial charge in [0.2, 0.25) is 0 Å². The molecule has 1 nitrogen and oxygen atoms in total. The molecule has 0 fully saturated rings. The Morgan fingerprint density at radius 3 is 1.28 bits per heavy atom. The molecular weight excluding hydrogens is 935 g/mol. The van der Waals surface area contributed by atoms with E-state index in [1.165, 1.54) is 109 Å². The molecule has 0 N–H and O–H groups in total. The first-order chi connectivity index (χ1) is 37.7. The summed E-state index contributed by atoms with van der Waals surface area (Å²) in [6, 6.07) is 111. The number of hydrogen-bond donors (Lipinski definition) is 0. The van der Waals surface area contributed by atoms with Gasteiger partial charge in [-0.25, -0.2) is 0 Å². The van der Waals surface area contributed by atoms with Gasteiger partial charge >= 0.3 is 0 Å². The molecule has 12 aromatic carbocycles. The van der Waals surface area contributed by atoms with Gasteiger partial charge in [-0.3, -0.25) is 0 Å². The number of benzene rings is 12. The Balaban J connectivity index is 0.913. The number of thiophene rings is 1. The van der Waals surface area contributed by atoms with E-state index in [9.17, 15) is 0 Å². The summed E-state index contributed by atoms with van der Waals surface area (Å²) in [5.74, 6) is 0. The fraction of sp³-hybridized carbons (Fsp3) is 0.0270. The van der Waals surface area contributed by atoms with Gasteiger partial charge in [0.05, 0.1) is 10.8 Å². The molecule has 2 aliphatic carbocycles. The summed E-state index contributed by atoms with van der Waals surface area (Å²) >= 11 is 1.88. The molecular formula is C74H49NS. The largest absolute Gasteiger partial charge is 0.310 e. The third-order valence-electron chi connectivity index (χ3n) is 16.5. The van der Waals surface area contributed by atoms with Gasteiger partial charge in [-0.1, -0.05) is 255 Å². The molecule has 76 heavy (non-hydrogen) atoms. The minimum absolute atomic E-state index is 0.474. The number of fused-ring (bicyclic) bond motifs is 9. The van der Waals surface area contributed by atoms with Gasteiger partial charge in [0.15, 0.2) is 0 Å².